The monoisotopic (exact) mass is 1060 g/mol. The van der Waals surface area contributed by atoms with Crippen molar-refractivity contribution in [2.75, 3.05) is 9.80 Å². The fraction of sp³-hybridized carbons (Fsp3) is 0.479. The van der Waals surface area contributed by atoms with Gasteiger partial charge in [0.15, 0.2) is 0 Å². The van der Waals surface area contributed by atoms with E-state index >= 15 is 0 Å². The molecular weight excluding hydrogens is 976 g/mol. The van der Waals surface area contributed by atoms with E-state index in [1.165, 1.54) is 161 Å². The van der Waals surface area contributed by atoms with Crippen LogP contribution in [0.1, 0.15) is 207 Å². The van der Waals surface area contributed by atoms with Crippen molar-refractivity contribution in [1.29, 1.82) is 0 Å². The Morgan fingerprint density at radius 3 is 1.24 bits per heavy atom. The summed E-state index contributed by atoms with van der Waals surface area (Å²) in [5.41, 5.74) is 26.3. The normalized spacial score (nSPS) is 21.9. The zero-order valence-electron chi connectivity index (χ0n) is 51.3. The van der Waals surface area contributed by atoms with E-state index in [4.69, 9.17) is 0 Å². The van der Waals surface area contributed by atoms with Gasteiger partial charge in [-0.05, 0) is 227 Å². The first-order chi connectivity index (χ1) is 36.2. The quantitative estimate of drug-likeness (QED) is 0.162. The van der Waals surface area contributed by atoms with Crippen LogP contribution in [0.2, 0.25) is 19.6 Å². The van der Waals surface area contributed by atoms with Crippen LogP contribution >= 0.6 is 11.3 Å². The van der Waals surface area contributed by atoms with Gasteiger partial charge < -0.3 is 9.80 Å². The van der Waals surface area contributed by atoms with Crippen LogP contribution in [-0.2, 0) is 43.3 Å². The molecule has 0 fully saturated rings. The van der Waals surface area contributed by atoms with Gasteiger partial charge in [-0.1, -0.05) is 178 Å². The number of nitrogens with zero attached hydrogens (tertiary/aromatic N) is 2. The van der Waals surface area contributed by atoms with Crippen LogP contribution < -0.4 is 31.4 Å². The minimum Gasteiger partial charge on any atom is -0.311 e. The maximum absolute atomic E-state index is 2.79. The molecule has 2 aliphatic heterocycles. The number of rotatable bonds is 4. The highest BCUT2D eigenvalue weighted by atomic mass is 32.1. The number of fused-ring (bicyclic) bond motifs is 10. The molecule has 0 N–H and O–H groups in total. The number of hydrogen-bond acceptors (Lipinski definition) is 3. The molecule has 0 saturated carbocycles. The first-order valence-corrected chi connectivity index (χ1v) is 34.5. The van der Waals surface area contributed by atoms with Gasteiger partial charge in [0, 0.05) is 33.1 Å². The van der Waals surface area contributed by atoms with Crippen molar-refractivity contribution in [2.24, 2.45) is 0 Å². The highest BCUT2D eigenvalue weighted by Gasteiger charge is 2.50. The van der Waals surface area contributed by atoms with E-state index in [0.717, 1.165) is 0 Å². The Morgan fingerprint density at radius 1 is 0.372 bits per heavy atom. The van der Waals surface area contributed by atoms with E-state index in [-0.39, 0.29) is 50.0 Å². The molecule has 7 aromatic rings. The molecule has 0 atom stereocenters. The second-order valence-electron chi connectivity index (χ2n) is 32.1. The number of anilines is 6. The third kappa shape index (κ3) is 7.71. The predicted octanol–water partition coefficient (Wildman–Crippen LogP) is 18.6. The fourth-order valence-electron chi connectivity index (χ4n) is 15.9. The van der Waals surface area contributed by atoms with Crippen LogP contribution in [0.5, 0.6) is 0 Å². The zero-order chi connectivity index (χ0) is 55.6. The second-order valence-corrected chi connectivity index (χ2v) is 38.2. The minimum atomic E-state index is -1.55. The Labute approximate surface area is 476 Å². The molecule has 0 bridgehead atoms. The molecule has 404 valence electrons. The average molecular weight is 1070 g/mol. The number of benzene rings is 6. The summed E-state index contributed by atoms with van der Waals surface area (Å²) < 4.78 is 1.42. The zero-order valence-corrected chi connectivity index (χ0v) is 53.1. The van der Waals surface area contributed by atoms with Crippen molar-refractivity contribution in [2.45, 2.75) is 225 Å². The molecule has 0 saturated heterocycles. The largest absolute Gasteiger partial charge is 0.311 e. The van der Waals surface area contributed by atoms with E-state index in [9.17, 15) is 0 Å². The molecule has 1 aromatic heterocycles. The molecule has 13 rings (SSSR count). The minimum absolute atomic E-state index is 0.0227. The Kier molecular flexibility index (Phi) is 11.1. The van der Waals surface area contributed by atoms with Crippen LogP contribution in [-0.4, -0.2) is 14.8 Å². The lowest BCUT2D eigenvalue weighted by Crippen LogP contribution is -2.61. The summed E-state index contributed by atoms with van der Waals surface area (Å²) in [6.07, 6.45) is 9.52. The summed E-state index contributed by atoms with van der Waals surface area (Å²) in [6.45, 7) is 47.5. The van der Waals surface area contributed by atoms with Gasteiger partial charge >= 0.3 is 0 Å². The topological polar surface area (TPSA) is 6.48 Å². The lowest BCUT2D eigenvalue weighted by molar-refractivity contribution is 0.332. The van der Waals surface area contributed by atoms with E-state index in [2.05, 4.69) is 249 Å². The lowest BCUT2D eigenvalue weighted by Gasteiger charge is -2.48. The summed E-state index contributed by atoms with van der Waals surface area (Å²) in [7, 11) is -1.55. The van der Waals surface area contributed by atoms with Crippen LogP contribution in [0.4, 0.5) is 33.4 Å². The van der Waals surface area contributed by atoms with Gasteiger partial charge in [-0.25, -0.2) is 0 Å². The standard InChI is InChI=1S/C73H89BN2SSi/c1-66(2)28-30-68(5,6)52-38-46(22-26-50(52)66)75-59-42-56-55(71(11,12)33-34-72(56,13)14)41-58(59)74-63-49-40-54-57(73(15,16)35-32-70(54,9)10)43-62(49)77-65(63)76(47-23-27-51-53(39-47)69(7,8)31-29-67(51,3)4)61-37-45(36-60(75)64(61)74)44-20-24-48(25-21-44)78(17,18)19/h20-27,36-43H,28-35H2,1-19H3. The summed E-state index contributed by atoms with van der Waals surface area (Å²) in [6, 6.07) is 41.3. The van der Waals surface area contributed by atoms with Crippen molar-refractivity contribution >= 4 is 91.2 Å². The molecule has 0 unspecified atom stereocenters. The fourth-order valence-corrected chi connectivity index (χ4v) is 18.4. The van der Waals surface area contributed by atoms with Crippen molar-refractivity contribution in [3.8, 4) is 11.1 Å². The molecule has 0 amide bonds. The first kappa shape index (κ1) is 52.5. The molecule has 2 nitrogen and oxygen atoms in total. The van der Waals surface area contributed by atoms with E-state index < -0.39 is 8.07 Å². The molecular formula is C73H89BN2SSi. The Morgan fingerprint density at radius 2 is 0.769 bits per heavy atom. The van der Waals surface area contributed by atoms with Gasteiger partial charge in [0.2, 0.25) is 0 Å². The van der Waals surface area contributed by atoms with Gasteiger partial charge in [0.1, 0.15) is 0 Å². The SMILES string of the molecule is CC1(C)CCC(C)(C)c2cc(N3c4cc5c(cc4B4c6c3cc(-c3ccc([Si](C)(C)C)cc3)cc6N(c3ccc6c(c3)C(C)(C)CCC6(C)C)c3sc6cc7c(cc6c34)C(C)(C)CCC7(C)C)C(C)(C)CCC5(C)C)ccc21. The summed E-state index contributed by atoms with van der Waals surface area (Å²) in [5, 5.41) is 4.34. The molecule has 0 spiro atoms. The van der Waals surface area contributed by atoms with Crippen LogP contribution in [0.25, 0.3) is 21.2 Å². The van der Waals surface area contributed by atoms with Crippen molar-refractivity contribution in [3.05, 3.63) is 142 Å². The van der Waals surface area contributed by atoms with Gasteiger partial charge in [-0.2, -0.15) is 0 Å². The van der Waals surface area contributed by atoms with E-state index in [1.807, 2.05) is 0 Å². The first-order valence-electron chi connectivity index (χ1n) is 30.2. The number of hydrogen-bond donors (Lipinski definition) is 0. The summed E-state index contributed by atoms with van der Waals surface area (Å²) >= 11 is 2.06. The van der Waals surface area contributed by atoms with Crippen LogP contribution in [0, 0.1) is 0 Å². The molecule has 78 heavy (non-hydrogen) atoms. The lowest BCUT2D eigenvalue weighted by atomic mass is 9.33. The van der Waals surface area contributed by atoms with Gasteiger partial charge in [-0.3, -0.25) is 0 Å². The average Bonchev–Trinajstić information content (AvgIpc) is 2.67. The van der Waals surface area contributed by atoms with Gasteiger partial charge in [-0.15, -0.1) is 11.3 Å². The van der Waals surface area contributed by atoms with Crippen LogP contribution in [0.15, 0.2) is 97.1 Å². The molecule has 4 aliphatic carbocycles. The van der Waals surface area contributed by atoms with Crippen molar-refractivity contribution < 1.29 is 0 Å². The second kappa shape index (κ2) is 16.4. The molecule has 0 radical (unpaired) electrons. The predicted molar refractivity (Wildman–Crippen MR) is 345 cm³/mol. The Hall–Kier alpha value is -4.84. The van der Waals surface area contributed by atoms with E-state index in [0.29, 0.717) is 0 Å². The van der Waals surface area contributed by atoms with Crippen molar-refractivity contribution in [1.82, 2.24) is 0 Å². The highest BCUT2D eigenvalue weighted by molar-refractivity contribution is 7.26. The summed E-state index contributed by atoms with van der Waals surface area (Å²) in [4.78, 5) is 5.57. The summed E-state index contributed by atoms with van der Waals surface area (Å²) in [5.74, 6) is 0. The number of thiophene rings is 1. The van der Waals surface area contributed by atoms with Gasteiger partial charge in [0.05, 0.1) is 13.1 Å². The Balaban J connectivity index is 1.20. The molecule has 6 aliphatic rings. The van der Waals surface area contributed by atoms with E-state index in [1.54, 1.807) is 11.1 Å². The molecule has 5 heteroatoms. The van der Waals surface area contributed by atoms with Crippen LogP contribution in [0.3, 0.4) is 0 Å². The maximum atomic E-state index is 2.79. The third-order valence-corrected chi connectivity index (χ3v) is 25.1. The molecule has 6 aromatic carbocycles. The third-order valence-electron chi connectivity index (χ3n) is 21.9. The smallest absolute Gasteiger partial charge is 0.254 e. The maximum Gasteiger partial charge on any atom is 0.254 e. The van der Waals surface area contributed by atoms with Crippen molar-refractivity contribution in [3.63, 3.8) is 0 Å². The highest BCUT2D eigenvalue weighted by Crippen LogP contribution is 2.57. The van der Waals surface area contributed by atoms with Gasteiger partial charge in [0.25, 0.3) is 6.71 Å². The molecule has 3 heterocycles. The Bertz CT molecular complexity index is 3700.